The molecule has 5 heteroatoms. The highest BCUT2D eigenvalue weighted by Crippen LogP contribution is 2.49. The van der Waals surface area contributed by atoms with Gasteiger partial charge in [0, 0.05) is 29.7 Å². The van der Waals surface area contributed by atoms with Gasteiger partial charge in [0.25, 0.3) is 0 Å². The van der Waals surface area contributed by atoms with Crippen LogP contribution in [0.5, 0.6) is 23.0 Å². The predicted molar refractivity (Wildman–Crippen MR) is 72.1 cm³/mol. The van der Waals surface area contributed by atoms with Crippen LogP contribution in [0.25, 0.3) is 11.1 Å². The SMILES string of the molecule is COc1cc(O)cc2c1-c1c(O)cc(O)cc1C[C@@H]2O. The average Bonchev–Trinajstić information content (AvgIpc) is 2.37. The molecule has 2 aromatic carbocycles. The van der Waals surface area contributed by atoms with Gasteiger partial charge in [-0.05, 0) is 23.3 Å². The number of fused-ring (bicyclic) bond motifs is 3. The Morgan fingerprint density at radius 1 is 1.00 bits per heavy atom. The Kier molecular flexibility index (Phi) is 2.72. The van der Waals surface area contributed by atoms with Gasteiger partial charge in [0.1, 0.15) is 23.0 Å². The van der Waals surface area contributed by atoms with Gasteiger partial charge < -0.3 is 25.2 Å². The first-order valence-corrected chi connectivity index (χ1v) is 6.15. The summed E-state index contributed by atoms with van der Waals surface area (Å²) in [6, 6.07) is 5.63. The lowest BCUT2D eigenvalue weighted by Crippen LogP contribution is -2.11. The van der Waals surface area contributed by atoms with E-state index in [1.807, 2.05) is 0 Å². The highest BCUT2D eigenvalue weighted by molar-refractivity contribution is 5.84. The molecule has 0 saturated carbocycles. The molecule has 20 heavy (non-hydrogen) atoms. The van der Waals surface area contributed by atoms with Crippen LogP contribution in [0.4, 0.5) is 0 Å². The Bertz CT molecular complexity index is 693. The Morgan fingerprint density at radius 3 is 2.40 bits per heavy atom. The fourth-order valence-corrected chi connectivity index (χ4v) is 2.75. The van der Waals surface area contributed by atoms with Crippen molar-refractivity contribution in [1.82, 2.24) is 0 Å². The fourth-order valence-electron chi connectivity index (χ4n) is 2.75. The zero-order chi connectivity index (χ0) is 14.4. The molecule has 0 heterocycles. The molecule has 0 radical (unpaired) electrons. The van der Waals surface area contributed by atoms with Gasteiger partial charge in [0.05, 0.1) is 13.2 Å². The average molecular weight is 274 g/mol. The summed E-state index contributed by atoms with van der Waals surface area (Å²) in [5.41, 5.74) is 2.18. The minimum Gasteiger partial charge on any atom is -0.508 e. The van der Waals surface area contributed by atoms with Crippen LogP contribution < -0.4 is 4.74 Å². The van der Waals surface area contributed by atoms with Crippen LogP contribution in [0, 0.1) is 0 Å². The van der Waals surface area contributed by atoms with E-state index in [0.717, 1.165) is 0 Å². The molecular weight excluding hydrogens is 260 g/mol. The molecule has 0 spiro atoms. The van der Waals surface area contributed by atoms with Gasteiger partial charge in [0.2, 0.25) is 0 Å². The number of rotatable bonds is 1. The molecule has 0 saturated heterocycles. The number of hydrogen-bond donors (Lipinski definition) is 4. The number of phenolic OH excluding ortho intramolecular Hbond substituents is 3. The molecule has 104 valence electrons. The van der Waals surface area contributed by atoms with Crippen molar-refractivity contribution < 1.29 is 25.2 Å². The lowest BCUT2D eigenvalue weighted by molar-refractivity contribution is 0.176. The molecule has 5 nitrogen and oxygen atoms in total. The maximum atomic E-state index is 10.2. The van der Waals surface area contributed by atoms with Crippen LogP contribution in [0.3, 0.4) is 0 Å². The third-order valence-corrected chi connectivity index (χ3v) is 3.54. The lowest BCUT2D eigenvalue weighted by Gasteiger charge is -2.27. The molecule has 1 atom stereocenters. The normalized spacial score (nSPS) is 16.4. The number of methoxy groups -OCH3 is 1. The zero-order valence-corrected chi connectivity index (χ0v) is 10.8. The summed E-state index contributed by atoms with van der Waals surface area (Å²) < 4.78 is 5.24. The second-order valence-corrected chi connectivity index (χ2v) is 4.83. The van der Waals surface area contributed by atoms with E-state index in [-0.39, 0.29) is 23.7 Å². The highest BCUT2D eigenvalue weighted by atomic mass is 16.5. The number of benzene rings is 2. The van der Waals surface area contributed by atoms with Crippen molar-refractivity contribution in [3.05, 3.63) is 35.4 Å². The van der Waals surface area contributed by atoms with E-state index in [1.54, 1.807) is 0 Å². The molecule has 0 fully saturated rings. The van der Waals surface area contributed by atoms with E-state index in [1.165, 1.54) is 31.4 Å². The first-order chi connectivity index (χ1) is 9.51. The van der Waals surface area contributed by atoms with E-state index in [9.17, 15) is 20.4 Å². The van der Waals surface area contributed by atoms with Crippen LogP contribution in [-0.2, 0) is 6.42 Å². The summed E-state index contributed by atoms with van der Waals surface area (Å²) in [6.07, 6.45) is -0.587. The summed E-state index contributed by atoms with van der Waals surface area (Å²) in [6.45, 7) is 0. The van der Waals surface area contributed by atoms with E-state index in [2.05, 4.69) is 0 Å². The second kappa shape index (κ2) is 4.31. The zero-order valence-electron chi connectivity index (χ0n) is 10.8. The molecule has 0 aliphatic heterocycles. The minimum absolute atomic E-state index is 0.0126. The molecule has 3 rings (SSSR count). The van der Waals surface area contributed by atoms with Crippen LogP contribution in [0.2, 0.25) is 0 Å². The standard InChI is InChI=1S/C15H14O5/c1-20-13-6-9(17)4-10-11(18)3-7-2-8(16)5-12(19)14(7)15(10)13/h2,4-6,11,16-19H,3H2,1H3/t11-/m0/s1. The Morgan fingerprint density at radius 2 is 1.70 bits per heavy atom. The quantitative estimate of drug-likeness (QED) is 0.639. The van der Waals surface area contributed by atoms with Gasteiger partial charge >= 0.3 is 0 Å². The molecule has 2 aromatic rings. The first-order valence-electron chi connectivity index (χ1n) is 6.15. The number of aliphatic hydroxyl groups is 1. The van der Waals surface area contributed by atoms with Gasteiger partial charge in [-0.3, -0.25) is 0 Å². The minimum atomic E-state index is -0.834. The number of hydrogen-bond acceptors (Lipinski definition) is 5. The smallest absolute Gasteiger partial charge is 0.130 e. The monoisotopic (exact) mass is 274 g/mol. The van der Waals surface area contributed by atoms with Crippen LogP contribution in [-0.4, -0.2) is 27.5 Å². The molecule has 0 aromatic heterocycles. The molecule has 1 aliphatic rings. The lowest BCUT2D eigenvalue weighted by atomic mass is 9.82. The van der Waals surface area contributed by atoms with Crippen molar-refractivity contribution in [3.63, 3.8) is 0 Å². The Labute approximate surface area is 115 Å². The Balaban J connectivity index is 2.38. The highest BCUT2D eigenvalue weighted by Gasteiger charge is 2.29. The third kappa shape index (κ3) is 1.75. The van der Waals surface area contributed by atoms with E-state index < -0.39 is 6.10 Å². The van der Waals surface area contributed by atoms with Crippen molar-refractivity contribution in [2.75, 3.05) is 7.11 Å². The maximum Gasteiger partial charge on any atom is 0.130 e. The van der Waals surface area contributed by atoms with Crippen LogP contribution >= 0.6 is 0 Å². The van der Waals surface area contributed by atoms with Crippen LogP contribution in [0.15, 0.2) is 24.3 Å². The maximum absolute atomic E-state index is 10.2. The largest absolute Gasteiger partial charge is 0.508 e. The molecular formula is C15H14O5. The summed E-state index contributed by atoms with van der Waals surface area (Å²) in [5.74, 6) is 0.203. The van der Waals surface area contributed by atoms with Crippen LogP contribution in [0.1, 0.15) is 17.2 Å². The van der Waals surface area contributed by atoms with Crippen molar-refractivity contribution in [1.29, 1.82) is 0 Å². The fraction of sp³-hybridized carbons (Fsp3) is 0.200. The molecule has 1 aliphatic carbocycles. The van der Waals surface area contributed by atoms with Crippen molar-refractivity contribution in [2.24, 2.45) is 0 Å². The van der Waals surface area contributed by atoms with Gasteiger partial charge in [-0.1, -0.05) is 0 Å². The summed E-state index contributed by atoms with van der Waals surface area (Å²) in [7, 11) is 1.45. The van der Waals surface area contributed by atoms with Crippen molar-refractivity contribution >= 4 is 0 Å². The number of ether oxygens (including phenoxy) is 1. The summed E-state index contributed by atoms with van der Waals surface area (Å²) in [4.78, 5) is 0. The van der Waals surface area contributed by atoms with Gasteiger partial charge in [-0.2, -0.15) is 0 Å². The number of aromatic hydroxyl groups is 3. The Hall–Kier alpha value is -2.40. The summed E-state index contributed by atoms with van der Waals surface area (Å²) >= 11 is 0. The summed E-state index contributed by atoms with van der Waals surface area (Å²) in [5, 5.41) is 39.6. The van der Waals surface area contributed by atoms with Gasteiger partial charge in [0.15, 0.2) is 0 Å². The first kappa shape index (κ1) is 12.6. The number of phenols is 3. The predicted octanol–water partition coefficient (Wildman–Crippen LogP) is 2.07. The molecule has 4 N–H and O–H groups in total. The third-order valence-electron chi connectivity index (χ3n) is 3.54. The number of aliphatic hydroxyl groups excluding tert-OH is 1. The van der Waals surface area contributed by atoms with Crippen molar-refractivity contribution in [2.45, 2.75) is 12.5 Å². The van der Waals surface area contributed by atoms with Gasteiger partial charge in [-0.25, -0.2) is 0 Å². The second-order valence-electron chi connectivity index (χ2n) is 4.83. The molecule has 0 unspecified atom stereocenters. The van der Waals surface area contributed by atoms with Crippen molar-refractivity contribution in [3.8, 4) is 34.1 Å². The van der Waals surface area contributed by atoms with E-state index in [4.69, 9.17) is 4.74 Å². The topological polar surface area (TPSA) is 90.2 Å². The van der Waals surface area contributed by atoms with E-state index >= 15 is 0 Å². The van der Waals surface area contributed by atoms with Gasteiger partial charge in [-0.15, -0.1) is 0 Å². The van der Waals surface area contributed by atoms with E-state index in [0.29, 0.717) is 28.0 Å². The molecule has 0 bridgehead atoms. The molecule has 0 amide bonds.